The molecule has 0 atom stereocenters. The maximum atomic E-state index is 12.8. The van der Waals surface area contributed by atoms with Crippen molar-refractivity contribution in [3.63, 3.8) is 0 Å². The first kappa shape index (κ1) is 17.4. The number of nitrogens with zero attached hydrogens (tertiary/aromatic N) is 1. The predicted molar refractivity (Wildman–Crippen MR) is 69.3 cm³/mol. The first-order valence-corrected chi connectivity index (χ1v) is 7.20. The van der Waals surface area contributed by atoms with Crippen LogP contribution >= 0.6 is 34.8 Å². The van der Waals surface area contributed by atoms with Crippen molar-refractivity contribution in [2.75, 3.05) is 0 Å². The number of oxime groups is 1. The second kappa shape index (κ2) is 5.97. The minimum absolute atomic E-state index is 0.403. The Morgan fingerprint density at radius 2 is 1.60 bits per heavy atom. The van der Waals surface area contributed by atoms with Crippen molar-refractivity contribution in [3.8, 4) is 0 Å². The van der Waals surface area contributed by atoms with Gasteiger partial charge in [-0.25, -0.2) is 0 Å². The fourth-order valence-electron chi connectivity index (χ4n) is 0.993. The monoisotopic (exact) mass is 369 g/mol. The molecule has 0 amide bonds. The van der Waals surface area contributed by atoms with Crippen molar-refractivity contribution in [2.45, 2.75) is 9.30 Å². The zero-order chi connectivity index (χ0) is 15.6. The Balaban J connectivity index is 3.19. The van der Waals surface area contributed by atoms with Crippen LogP contribution in [-0.4, -0.2) is 23.4 Å². The van der Waals surface area contributed by atoms with Gasteiger partial charge >= 0.3 is 19.4 Å². The Bertz CT molecular complexity index is 596. The highest BCUT2D eigenvalue weighted by atomic mass is 35.6. The summed E-state index contributed by atoms with van der Waals surface area (Å²) in [6, 6.07) is 6.21. The van der Waals surface area contributed by atoms with E-state index in [1.165, 1.54) is 18.2 Å². The summed E-state index contributed by atoms with van der Waals surface area (Å²) in [4.78, 5) is 0. The molecule has 0 spiro atoms. The molecule has 20 heavy (non-hydrogen) atoms. The van der Waals surface area contributed by atoms with Crippen LogP contribution < -0.4 is 0 Å². The number of hydrogen-bond acceptors (Lipinski definition) is 4. The first-order chi connectivity index (χ1) is 8.95. The average molecular weight is 371 g/mol. The summed E-state index contributed by atoms with van der Waals surface area (Å²) in [5, 5.41) is 2.55. The van der Waals surface area contributed by atoms with Gasteiger partial charge in [-0.3, -0.25) is 4.28 Å². The lowest BCUT2D eigenvalue weighted by Gasteiger charge is -2.12. The van der Waals surface area contributed by atoms with E-state index in [0.29, 0.717) is 0 Å². The number of benzene rings is 1. The molecule has 0 N–H and O–H groups in total. The highest BCUT2D eigenvalue weighted by Gasteiger charge is 2.43. The molecule has 0 aliphatic carbocycles. The molecule has 0 aliphatic heterocycles. The van der Waals surface area contributed by atoms with Crippen LogP contribution in [0.5, 0.6) is 0 Å². The Morgan fingerprint density at radius 3 is 2.00 bits per heavy atom. The molecule has 0 heterocycles. The minimum Gasteiger partial charge on any atom is -0.265 e. The van der Waals surface area contributed by atoms with Gasteiger partial charge in [0.2, 0.25) is 0 Å². The molecule has 1 rings (SSSR count). The lowest BCUT2D eigenvalue weighted by Crippen LogP contribution is -2.27. The third-order valence-electron chi connectivity index (χ3n) is 1.83. The van der Waals surface area contributed by atoms with Gasteiger partial charge in [-0.1, -0.05) is 70.3 Å². The van der Waals surface area contributed by atoms with Crippen molar-refractivity contribution in [1.29, 1.82) is 0 Å². The molecule has 0 aliphatic rings. The topological polar surface area (TPSA) is 55.7 Å². The van der Waals surface area contributed by atoms with Crippen LogP contribution in [-0.2, 0) is 14.4 Å². The van der Waals surface area contributed by atoms with Crippen molar-refractivity contribution in [1.82, 2.24) is 0 Å². The Kier molecular flexibility index (Phi) is 5.18. The molecule has 4 nitrogen and oxygen atoms in total. The van der Waals surface area contributed by atoms with Gasteiger partial charge in [0.15, 0.2) is 5.71 Å². The van der Waals surface area contributed by atoms with E-state index in [4.69, 9.17) is 34.8 Å². The zero-order valence-corrected chi connectivity index (χ0v) is 12.3. The van der Waals surface area contributed by atoms with Crippen molar-refractivity contribution in [3.05, 3.63) is 35.9 Å². The normalized spacial score (nSPS) is 14.2. The lowest BCUT2D eigenvalue weighted by atomic mass is 10.1. The van der Waals surface area contributed by atoms with Gasteiger partial charge < -0.3 is 0 Å². The van der Waals surface area contributed by atoms with E-state index in [1.54, 1.807) is 0 Å². The second-order valence-corrected chi connectivity index (χ2v) is 7.90. The van der Waals surface area contributed by atoms with Crippen molar-refractivity contribution in [2.24, 2.45) is 5.16 Å². The maximum absolute atomic E-state index is 12.8. The number of halogens is 6. The van der Waals surface area contributed by atoms with Crippen LogP contribution in [0.2, 0.25) is 0 Å². The first-order valence-electron chi connectivity index (χ1n) is 4.65. The fraction of sp³-hybridized carbons (Fsp3) is 0.222. The van der Waals surface area contributed by atoms with Crippen molar-refractivity contribution >= 4 is 50.6 Å². The Morgan fingerprint density at radius 1 is 1.10 bits per heavy atom. The van der Waals surface area contributed by atoms with Crippen LogP contribution in [0.1, 0.15) is 5.56 Å². The van der Waals surface area contributed by atoms with Crippen LogP contribution in [0.4, 0.5) is 13.2 Å². The van der Waals surface area contributed by atoms with Gasteiger partial charge in [0.05, 0.1) is 0 Å². The summed E-state index contributed by atoms with van der Waals surface area (Å²) in [5.74, 6) is 0. The zero-order valence-electron chi connectivity index (χ0n) is 9.23. The van der Waals surface area contributed by atoms with E-state index in [2.05, 4.69) is 9.44 Å². The number of alkyl halides is 6. The molecule has 0 radical (unpaired) electrons. The molecule has 0 aromatic heterocycles. The molecular weight excluding hydrogens is 366 g/mol. The van der Waals surface area contributed by atoms with Gasteiger partial charge in [-0.2, -0.15) is 21.6 Å². The molecule has 112 valence electrons. The predicted octanol–water partition coefficient (Wildman–Crippen LogP) is 3.63. The van der Waals surface area contributed by atoms with Crippen LogP contribution in [0.15, 0.2) is 35.5 Å². The molecule has 0 unspecified atom stereocenters. The summed E-state index contributed by atoms with van der Waals surface area (Å²) >= 11 is 15.1. The largest absolute Gasteiger partial charge is 0.437 e. The fourth-order valence-corrected chi connectivity index (χ4v) is 1.50. The third kappa shape index (κ3) is 4.41. The van der Waals surface area contributed by atoms with Gasteiger partial charge in [0, 0.05) is 5.56 Å². The van der Waals surface area contributed by atoms with E-state index in [9.17, 15) is 21.6 Å². The number of rotatable bonds is 3. The van der Waals surface area contributed by atoms with E-state index >= 15 is 0 Å². The van der Waals surface area contributed by atoms with Gasteiger partial charge in [0.25, 0.3) is 0 Å². The van der Waals surface area contributed by atoms with Crippen molar-refractivity contribution < 1.29 is 25.9 Å². The second-order valence-electron chi connectivity index (χ2n) is 3.28. The quantitative estimate of drug-likeness (QED) is 0.464. The lowest BCUT2D eigenvalue weighted by molar-refractivity contribution is -0.0597. The summed E-state index contributed by atoms with van der Waals surface area (Å²) in [6.45, 7) is 0. The molecule has 0 bridgehead atoms. The summed E-state index contributed by atoms with van der Waals surface area (Å²) < 4.78 is 61.6. The Hall–Kier alpha value is -0.700. The van der Waals surface area contributed by atoms with E-state index in [1.807, 2.05) is 0 Å². The molecule has 1 aromatic rings. The minimum atomic E-state index is -4.95. The maximum Gasteiger partial charge on any atom is 0.437 e. The molecule has 0 saturated heterocycles. The van der Waals surface area contributed by atoms with Crippen LogP contribution in [0.25, 0.3) is 0 Å². The van der Waals surface area contributed by atoms with E-state index in [0.717, 1.165) is 12.1 Å². The standard InChI is InChI=1S/C9H5Cl3F3NO3S/c10-9(11,12)20(17,18)19-16-7(8(13,14)15)6-4-2-1-3-5-6/h1-5H. The van der Waals surface area contributed by atoms with E-state index in [-0.39, 0.29) is 0 Å². The SMILES string of the molecule is O=S(=O)(ON=C(c1ccccc1)C(F)(F)F)C(Cl)(Cl)Cl. The molecule has 0 saturated carbocycles. The molecule has 1 aromatic carbocycles. The van der Waals surface area contributed by atoms with Crippen LogP contribution in [0, 0.1) is 0 Å². The molecule has 0 fully saturated rings. The van der Waals surface area contributed by atoms with Gasteiger partial charge in [0.1, 0.15) is 0 Å². The van der Waals surface area contributed by atoms with Crippen LogP contribution in [0.3, 0.4) is 0 Å². The highest BCUT2D eigenvalue weighted by Crippen LogP contribution is 2.34. The summed E-state index contributed by atoms with van der Waals surface area (Å²) in [7, 11) is -4.95. The highest BCUT2D eigenvalue weighted by molar-refractivity contribution is 7.92. The third-order valence-corrected chi connectivity index (χ3v) is 4.36. The average Bonchev–Trinajstić information content (AvgIpc) is 2.27. The summed E-state index contributed by atoms with van der Waals surface area (Å²) in [6.07, 6.45) is -4.95. The van der Waals surface area contributed by atoms with E-state index < -0.39 is 30.7 Å². The number of hydrogen-bond donors (Lipinski definition) is 0. The van der Waals surface area contributed by atoms with Gasteiger partial charge in [-0.15, -0.1) is 0 Å². The Labute approximate surface area is 127 Å². The molecular formula is C9H5Cl3F3NO3S. The smallest absolute Gasteiger partial charge is 0.265 e. The summed E-state index contributed by atoms with van der Waals surface area (Å²) in [5.41, 5.74) is -1.98. The molecule has 11 heteroatoms. The van der Waals surface area contributed by atoms with Gasteiger partial charge in [-0.05, 0) is 0 Å².